The van der Waals surface area contributed by atoms with Crippen molar-refractivity contribution in [3.05, 3.63) is 78.4 Å². The smallest absolute Gasteiger partial charge is 0.132 e. The minimum atomic E-state index is 0.779. The van der Waals surface area contributed by atoms with Crippen molar-refractivity contribution in [2.75, 3.05) is 23.3 Å². The topological polar surface area (TPSA) is 53.9 Å². The Balaban J connectivity index is 1.67. The van der Waals surface area contributed by atoms with E-state index in [-0.39, 0.29) is 0 Å². The number of hydrogen-bond acceptors (Lipinski definition) is 5. The molecule has 2 aromatic heterocycles. The Bertz CT molecular complexity index is 746. The summed E-state index contributed by atoms with van der Waals surface area (Å²) in [5.41, 5.74) is 2.31. The van der Waals surface area contributed by atoms with Gasteiger partial charge in [-0.2, -0.15) is 0 Å². The second-order valence-electron chi connectivity index (χ2n) is 5.58. The largest absolute Gasteiger partial charge is 0.368 e. The van der Waals surface area contributed by atoms with Gasteiger partial charge in [-0.05, 0) is 24.6 Å². The highest BCUT2D eigenvalue weighted by molar-refractivity contribution is 5.43. The Morgan fingerprint density at radius 2 is 1.83 bits per heavy atom. The second kappa shape index (κ2) is 8.06. The summed E-state index contributed by atoms with van der Waals surface area (Å²) in [6.07, 6.45) is 5.21. The molecule has 3 aromatic rings. The molecule has 0 fully saturated rings. The van der Waals surface area contributed by atoms with Crippen LogP contribution in [0.15, 0.2) is 67.3 Å². The van der Waals surface area contributed by atoms with Crippen molar-refractivity contribution in [2.24, 2.45) is 0 Å². The number of nitrogens with one attached hydrogen (secondary N) is 1. The summed E-state index contributed by atoms with van der Waals surface area (Å²) in [4.78, 5) is 15.0. The summed E-state index contributed by atoms with van der Waals surface area (Å²) in [5.74, 6) is 1.85. The van der Waals surface area contributed by atoms with Crippen molar-refractivity contribution in [1.29, 1.82) is 0 Å². The van der Waals surface area contributed by atoms with Gasteiger partial charge in [0.1, 0.15) is 18.0 Å². The number of pyridine rings is 1. The van der Waals surface area contributed by atoms with E-state index >= 15 is 0 Å². The molecule has 5 heteroatoms. The first-order valence-electron chi connectivity index (χ1n) is 8.03. The maximum absolute atomic E-state index is 4.49. The van der Waals surface area contributed by atoms with Crippen molar-refractivity contribution >= 4 is 11.6 Å². The molecule has 0 saturated heterocycles. The normalized spacial score (nSPS) is 10.4. The first-order chi connectivity index (χ1) is 11.8. The third kappa shape index (κ3) is 4.29. The van der Waals surface area contributed by atoms with Crippen LogP contribution in [0.2, 0.25) is 0 Å². The van der Waals surface area contributed by atoms with Crippen molar-refractivity contribution in [3.63, 3.8) is 0 Å². The lowest BCUT2D eigenvalue weighted by Gasteiger charge is -2.24. The first-order valence-corrected chi connectivity index (χ1v) is 8.03. The molecule has 0 bridgehead atoms. The van der Waals surface area contributed by atoms with Crippen LogP contribution in [0.5, 0.6) is 0 Å². The van der Waals surface area contributed by atoms with E-state index < -0.39 is 0 Å². The molecule has 5 nitrogen and oxygen atoms in total. The van der Waals surface area contributed by atoms with E-state index in [0.29, 0.717) is 0 Å². The van der Waals surface area contributed by atoms with Gasteiger partial charge >= 0.3 is 0 Å². The van der Waals surface area contributed by atoms with Crippen LogP contribution in [0.25, 0.3) is 0 Å². The summed E-state index contributed by atoms with van der Waals surface area (Å²) in [6, 6.07) is 16.4. The lowest BCUT2D eigenvalue weighted by molar-refractivity contribution is 0.788. The third-order valence-corrected chi connectivity index (χ3v) is 3.76. The fourth-order valence-electron chi connectivity index (χ4n) is 2.51. The number of hydrogen-bond donors (Lipinski definition) is 1. The Labute approximate surface area is 142 Å². The number of benzene rings is 1. The molecule has 0 saturated carbocycles. The van der Waals surface area contributed by atoms with Crippen molar-refractivity contribution in [1.82, 2.24) is 15.0 Å². The van der Waals surface area contributed by atoms with Gasteiger partial charge in [-0.1, -0.05) is 36.4 Å². The molecule has 0 aliphatic carbocycles. The van der Waals surface area contributed by atoms with E-state index in [0.717, 1.165) is 36.8 Å². The molecule has 24 heavy (non-hydrogen) atoms. The molecule has 0 aliphatic heterocycles. The molecular formula is C19H21N5. The average Bonchev–Trinajstić information content (AvgIpc) is 2.64. The van der Waals surface area contributed by atoms with E-state index in [4.69, 9.17) is 0 Å². The predicted octanol–water partition coefficient (Wildman–Crippen LogP) is 3.30. The van der Waals surface area contributed by atoms with Crippen LogP contribution in [0.3, 0.4) is 0 Å². The van der Waals surface area contributed by atoms with Gasteiger partial charge in [0.25, 0.3) is 0 Å². The van der Waals surface area contributed by atoms with Crippen LogP contribution in [-0.2, 0) is 6.54 Å². The van der Waals surface area contributed by atoms with Crippen LogP contribution >= 0.6 is 0 Å². The molecule has 0 spiro atoms. The zero-order valence-corrected chi connectivity index (χ0v) is 13.8. The number of rotatable bonds is 7. The quantitative estimate of drug-likeness (QED) is 0.724. The minimum Gasteiger partial charge on any atom is -0.368 e. The summed E-state index contributed by atoms with van der Waals surface area (Å²) in [6.45, 7) is 4.43. The molecule has 0 unspecified atom stereocenters. The molecule has 3 rings (SSSR count). The van der Waals surface area contributed by atoms with Crippen molar-refractivity contribution in [2.45, 2.75) is 13.5 Å². The second-order valence-corrected chi connectivity index (χ2v) is 5.58. The first kappa shape index (κ1) is 15.9. The number of anilines is 2. The van der Waals surface area contributed by atoms with Crippen molar-refractivity contribution < 1.29 is 0 Å². The SMILES string of the molecule is Cc1cncnc1NCCN(Cc1ccccc1)c1ccccn1. The molecule has 0 radical (unpaired) electrons. The number of nitrogens with zero attached hydrogens (tertiary/aromatic N) is 4. The molecule has 1 N–H and O–H groups in total. The van der Waals surface area contributed by atoms with Gasteiger partial charge in [-0.25, -0.2) is 15.0 Å². The molecule has 122 valence electrons. The molecule has 0 aliphatic rings. The van der Waals surface area contributed by atoms with Gasteiger partial charge in [0.05, 0.1) is 0 Å². The average molecular weight is 319 g/mol. The monoisotopic (exact) mass is 319 g/mol. The fourth-order valence-corrected chi connectivity index (χ4v) is 2.51. The van der Waals surface area contributed by atoms with E-state index in [2.05, 4.69) is 49.4 Å². The van der Waals surface area contributed by atoms with Gasteiger partial charge in [-0.15, -0.1) is 0 Å². The maximum atomic E-state index is 4.49. The lowest BCUT2D eigenvalue weighted by atomic mass is 10.2. The molecule has 2 heterocycles. The Hall–Kier alpha value is -2.95. The Morgan fingerprint density at radius 1 is 1.00 bits per heavy atom. The van der Waals surface area contributed by atoms with Gasteiger partial charge in [0, 0.05) is 37.6 Å². The molecule has 0 atom stereocenters. The van der Waals surface area contributed by atoms with Gasteiger partial charge in [0.15, 0.2) is 0 Å². The highest BCUT2D eigenvalue weighted by Gasteiger charge is 2.08. The van der Waals surface area contributed by atoms with E-state index in [1.54, 1.807) is 6.33 Å². The fraction of sp³-hybridized carbons (Fsp3) is 0.211. The van der Waals surface area contributed by atoms with E-state index in [1.807, 2.05) is 43.6 Å². The molecule has 0 amide bonds. The molecule has 1 aromatic carbocycles. The van der Waals surface area contributed by atoms with Crippen LogP contribution in [0.4, 0.5) is 11.6 Å². The van der Waals surface area contributed by atoms with Crippen LogP contribution in [0, 0.1) is 6.92 Å². The van der Waals surface area contributed by atoms with Crippen LogP contribution in [0.1, 0.15) is 11.1 Å². The number of aryl methyl sites for hydroxylation is 1. The Morgan fingerprint density at radius 3 is 2.58 bits per heavy atom. The summed E-state index contributed by atoms with van der Waals surface area (Å²) in [7, 11) is 0. The van der Waals surface area contributed by atoms with Crippen molar-refractivity contribution in [3.8, 4) is 0 Å². The Kier molecular flexibility index (Phi) is 5.35. The standard InChI is InChI=1S/C19H21N5/c1-16-13-20-15-23-19(16)22-11-12-24(18-9-5-6-10-21-18)14-17-7-3-2-4-8-17/h2-10,13,15H,11-12,14H2,1H3,(H,20,22,23). The predicted molar refractivity (Wildman–Crippen MR) is 97.0 cm³/mol. The zero-order valence-electron chi connectivity index (χ0n) is 13.8. The third-order valence-electron chi connectivity index (χ3n) is 3.76. The lowest BCUT2D eigenvalue weighted by Crippen LogP contribution is -2.29. The van der Waals surface area contributed by atoms with Crippen LogP contribution in [-0.4, -0.2) is 28.0 Å². The summed E-state index contributed by atoms with van der Waals surface area (Å²) in [5, 5.41) is 3.38. The number of aromatic nitrogens is 3. The van der Waals surface area contributed by atoms with Gasteiger partial charge in [-0.3, -0.25) is 0 Å². The summed E-state index contributed by atoms with van der Waals surface area (Å²) >= 11 is 0. The van der Waals surface area contributed by atoms with Crippen LogP contribution < -0.4 is 10.2 Å². The summed E-state index contributed by atoms with van der Waals surface area (Å²) < 4.78 is 0. The van der Waals surface area contributed by atoms with E-state index in [1.165, 1.54) is 5.56 Å². The van der Waals surface area contributed by atoms with Gasteiger partial charge in [0.2, 0.25) is 0 Å². The highest BCUT2D eigenvalue weighted by atomic mass is 15.2. The maximum Gasteiger partial charge on any atom is 0.132 e. The van der Waals surface area contributed by atoms with E-state index in [9.17, 15) is 0 Å². The highest BCUT2D eigenvalue weighted by Crippen LogP contribution is 2.14. The molecular weight excluding hydrogens is 298 g/mol. The van der Waals surface area contributed by atoms with Gasteiger partial charge < -0.3 is 10.2 Å². The minimum absolute atomic E-state index is 0.779. The zero-order chi connectivity index (χ0) is 16.6.